The molecule has 0 saturated carbocycles. The van der Waals surface area contributed by atoms with Gasteiger partial charge in [-0.15, -0.1) is 0 Å². The summed E-state index contributed by atoms with van der Waals surface area (Å²) in [5, 5.41) is 11.8. The van der Waals surface area contributed by atoms with Crippen molar-refractivity contribution in [3.05, 3.63) is 23.8 Å². The number of benzene rings is 1. The van der Waals surface area contributed by atoms with Gasteiger partial charge in [0, 0.05) is 18.0 Å². The van der Waals surface area contributed by atoms with Crippen LogP contribution >= 0.6 is 0 Å². The molecule has 18 heavy (non-hydrogen) atoms. The fourth-order valence-corrected chi connectivity index (χ4v) is 2.20. The summed E-state index contributed by atoms with van der Waals surface area (Å²) in [6.45, 7) is 2.08. The molecule has 3 rings (SSSR count). The van der Waals surface area contributed by atoms with E-state index in [1.54, 1.807) is 23.2 Å². The lowest BCUT2D eigenvalue weighted by molar-refractivity contribution is -0.124. The summed E-state index contributed by atoms with van der Waals surface area (Å²) >= 11 is 0. The lowest BCUT2D eigenvalue weighted by Gasteiger charge is -2.26. The summed E-state index contributed by atoms with van der Waals surface area (Å²) in [4.78, 5) is 11.3. The lowest BCUT2D eigenvalue weighted by atomic mass is 10.1. The smallest absolute Gasteiger partial charge is 0.236 e. The van der Waals surface area contributed by atoms with Gasteiger partial charge in [-0.2, -0.15) is 5.01 Å². The highest BCUT2D eigenvalue weighted by Crippen LogP contribution is 2.35. The summed E-state index contributed by atoms with van der Waals surface area (Å²) < 4.78 is 10.5. The standard InChI is InChI=1S/C12H14N2O4/c1-7-4-11(15)13-14(7)12(16)8-2-3-9-10(5-8)18-6-17-9/h2-3,5,7,12,16H,4,6H2,1H3,(H,13,15). The Hall–Kier alpha value is -1.79. The zero-order chi connectivity index (χ0) is 12.7. The van der Waals surface area contributed by atoms with E-state index in [0.29, 0.717) is 23.5 Å². The van der Waals surface area contributed by atoms with E-state index in [-0.39, 0.29) is 18.7 Å². The Morgan fingerprint density at radius 3 is 2.94 bits per heavy atom. The quantitative estimate of drug-likeness (QED) is 0.801. The molecule has 2 atom stereocenters. The van der Waals surface area contributed by atoms with Gasteiger partial charge in [-0.3, -0.25) is 10.2 Å². The number of aliphatic hydroxyl groups excluding tert-OH is 1. The second-order valence-electron chi connectivity index (χ2n) is 4.48. The molecule has 1 fully saturated rings. The molecule has 2 unspecified atom stereocenters. The highest BCUT2D eigenvalue weighted by atomic mass is 16.7. The number of nitrogens with one attached hydrogen (secondary N) is 1. The number of amides is 1. The highest BCUT2D eigenvalue weighted by Gasteiger charge is 2.32. The maximum absolute atomic E-state index is 11.3. The van der Waals surface area contributed by atoms with Crippen molar-refractivity contribution >= 4 is 5.91 Å². The number of carbonyl (C=O) groups is 1. The molecule has 1 amide bonds. The second kappa shape index (κ2) is 4.15. The molecule has 1 saturated heterocycles. The molecule has 0 spiro atoms. The van der Waals surface area contributed by atoms with E-state index >= 15 is 0 Å². The van der Waals surface area contributed by atoms with Gasteiger partial charge in [-0.05, 0) is 19.1 Å². The van der Waals surface area contributed by atoms with Crippen LogP contribution in [-0.4, -0.2) is 28.9 Å². The van der Waals surface area contributed by atoms with Crippen LogP contribution in [0, 0.1) is 0 Å². The molecule has 0 bridgehead atoms. The number of hydrazine groups is 1. The number of nitrogens with zero attached hydrogens (tertiary/aromatic N) is 1. The molecule has 6 nitrogen and oxygen atoms in total. The monoisotopic (exact) mass is 250 g/mol. The Bertz CT molecular complexity index is 491. The van der Waals surface area contributed by atoms with E-state index in [4.69, 9.17) is 9.47 Å². The average molecular weight is 250 g/mol. The van der Waals surface area contributed by atoms with Gasteiger partial charge in [0.2, 0.25) is 12.7 Å². The van der Waals surface area contributed by atoms with Crippen LogP contribution < -0.4 is 14.9 Å². The van der Waals surface area contributed by atoms with Crippen molar-refractivity contribution < 1.29 is 19.4 Å². The average Bonchev–Trinajstić information content (AvgIpc) is 2.93. The Morgan fingerprint density at radius 1 is 1.44 bits per heavy atom. The minimum Gasteiger partial charge on any atom is -0.454 e. The first-order chi connectivity index (χ1) is 8.65. The molecule has 2 heterocycles. The summed E-state index contributed by atoms with van der Waals surface area (Å²) in [5.41, 5.74) is 3.30. The third kappa shape index (κ3) is 1.79. The predicted molar refractivity (Wildman–Crippen MR) is 61.6 cm³/mol. The first kappa shape index (κ1) is 11.3. The molecular weight excluding hydrogens is 236 g/mol. The van der Waals surface area contributed by atoms with Gasteiger partial charge < -0.3 is 14.6 Å². The van der Waals surface area contributed by atoms with Gasteiger partial charge >= 0.3 is 0 Å². The van der Waals surface area contributed by atoms with Crippen LogP contribution in [0.25, 0.3) is 0 Å². The summed E-state index contributed by atoms with van der Waals surface area (Å²) in [5.74, 6) is 1.21. The first-order valence-electron chi connectivity index (χ1n) is 5.80. The molecular formula is C12H14N2O4. The van der Waals surface area contributed by atoms with Gasteiger partial charge in [0.05, 0.1) is 0 Å². The van der Waals surface area contributed by atoms with Gasteiger partial charge in [0.25, 0.3) is 0 Å². The summed E-state index contributed by atoms with van der Waals surface area (Å²) in [7, 11) is 0. The molecule has 6 heteroatoms. The van der Waals surface area contributed by atoms with Crippen molar-refractivity contribution in [1.82, 2.24) is 10.4 Å². The number of ether oxygens (including phenoxy) is 2. The minimum atomic E-state index is -0.888. The molecule has 2 N–H and O–H groups in total. The molecule has 0 radical (unpaired) electrons. The predicted octanol–water partition coefficient (Wildman–Crippen LogP) is 0.532. The Balaban J connectivity index is 1.84. The van der Waals surface area contributed by atoms with E-state index in [2.05, 4.69) is 5.43 Å². The number of rotatable bonds is 2. The number of fused-ring (bicyclic) bond motifs is 1. The van der Waals surface area contributed by atoms with Gasteiger partial charge in [-0.1, -0.05) is 6.07 Å². The number of aliphatic hydroxyl groups is 1. The second-order valence-corrected chi connectivity index (χ2v) is 4.48. The van der Waals surface area contributed by atoms with Crippen LogP contribution in [0.15, 0.2) is 18.2 Å². The molecule has 1 aromatic carbocycles. The largest absolute Gasteiger partial charge is 0.454 e. The van der Waals surface area contributed by atoms with Crippen LogP contribution in [0.1, 0.15) is 25.1 Å². The minimum absolute atomic E-state index is 0.0436. The maximum Gasteiger partial charge on any atom is 0.236 e. The third-order valence-electron chi connectivity index (χ3n) is 3.17. The third-order valence-corrected chi connectivity index (χ3v) is 3.17. The molecule has 0 aromatic heterocycles. The molecule has 1 aromatic rings. The summed E-state index contributed by atoms with van der Waals surface area (Å²) in [6, 6.07) is 5.20. The fraction of sp³-hybridized carbons (Fsp3) is 0.417. The molecule has 0 aliphatic carbocycles. The van der Waals surface area contributed by atoms with Crippen molar-refractivity contribution in [2.24, 2.45) is 0 Å². The first-order valence-corrected chi connectivity index (χ1v) is 5.80. The van der Waals surface area contributed by atoms with Crippen LogP contribution in [0.2, 0.25) is 0 Å². The maximum atomic E-state index is 11.3. The van der Waals surface area contributed by atoms with Crippen molar-refractivity contribution in [3.63, 3.8) is 0 Å². The summed E-state index contributed by atoms with van der Waals surface area (Å²) in [6.07, 6.45) is -0.498. The zero-order valence-corrected chi connectivity index (χ0v) is 9.92. The van der Waals surface area contributed by atoms with E-state index in [9.17, 15) is 9.90 Å². The van der Waals surface area contributed by atoms with E-state index in [1.807, 2.05) is 6.92 Å². The van der Waals surface area contributed by atoms with E-state index in [0.717, 1.165) is 0 Å². The highest BCUT2D eigenvalue weighted by molar-refractivity contribution is 5.78. The molecule has 2 aliphatic heterocycles. The van der Waals surface area contributed by atoms with Crippen LogP contribution in [-0.2, 0) is 4.79 Å². The van der Waals surface area contributed by atoms with Gasteiger partial charge in [0.15, 0.2) is 11.5 Å². The molecule has 96 valence electrons. The van der Waals surface area contributed by atoms with Crippen LogP contribution in [0.5, 0.6) is 11.5 Å². The fourth-order valence-electron chi connectivity index (χ4n) is 2.20. The van der Waals surface area contributed by atoms with E-state index < -0.39 is 6.23 Å². The zero-order valence-electron chi connectivity index (χ0n) is 9.92. The topological polar surface area (TPSA) is 71.0 Å². The van der Waals surface area contributed by atoms with Crippen molar-refractivity contribution in [2.75, 3.05) is 6.79 Å². The van der Waals surface area contributed by atoms with Gasteiger partial charge in [-0.25, -0.2) is 0 Å². The number of carbonyl (C=O) groups excluding carboxylic acids is 1. The Morgan fingerprint density at radius 2 is 2.22 bits per heavy atom. The van der Waals surface area contributed by atoms with Crippen molar-refractivity contribution in [3.8, 4) is 11.5 Å². The van der Waals surface area contributed by atoms with Crippen molar-refractivity contribution in [1.29, 1.82) is 0 Å². The van der Waals surface area contributed by atoms with Crippen molar-refractivity contribution in [2.45, 2.75) is 25.6 Å². The Labute approximate surface area is 104 Å². The normalized spacial score (nSPS) is 24.1. The van der Waals surface area contributed by atoms with Crippen LogP contribution in [0.4, 0.5) is 0 Å². The van der Waals surface area contributed by atoms with E-state index in [1.165, 1.54) is 0 Å². The van der Waals surface area contributed by atoms with Gasteiger partial charge in [0.1, 0.15) is 6.23 Å². The number of hydrogen-bond acceptors (Lipinski definition) is 5. The Kier molecular flexibility index (Phi) is 2.61. The molecule has 2 aliphatic rings. The van der Waals surface area contributed by atoms with Crippen LogP contribution in [0.3, 0.4) is 0 Å². The SMILES string of the molecule is CC1CC(=O)NN1C(O)c1ccc2c(c1)OCO2. The number of hydrogen-bond donors (Lipinski definition) is 2. The lowest BCUT2D eigenvalue weighted by Crippen LogP contribution is -2.40.